The van der Waals surface area contributed by atoms with E-state index in [4.69, 9.17) is 14.7 Å². The summed E-state index contributed by atoms with van der Waals surface area (Å²) in [6.45, 7) is 5.61. The van der Waals surface area contributed by atoms with Gasteiger partial charge in [-0.15, -0.1) is 0 Å². The average Bonchev–Trinajstić information content (AvgIpc) is 3.31. The van der Waals surface area contributed by atoms with E-state index in [1.165, 1.54) is 12.1 Å². The van der Waals surface area contributed by atoms with Crippen molar-refractivity contribution in [3.05, 3.63) is 46.9 Å². The van der Waals surface area contributed by atoms with Crippen molar-refractivity contribution in [2.45, 2.75) is 43.9 Å². The van der Waals surface area contributed by atoms with E-state index in [1.807, 2.05) is 18.2 Å². The summed E-state index contributed by atoms with van der Waals surface area (Å²) < 4.78 is 44.8. The Morgan fingerprint density at radius 1 is 1.26 bits per heavy atom. The van der Waals surface area contributed by atoms with Crippen LogP contribution in [0.1, 0.15) is 43.5 Å². The zero-order valence-electron chi connectivity index (χ0n) is 17.8. The molecule has 2 aliphatic heterocycles. The van der Waals surface area contributed by atoms with Crippen molar-refractivity contribution in [1.82, 2.24) is 9.97 Å². The fourth-order valence-electron chi connectivity index (χ4n) is 4.84. The van der Waals surface area contributed by atoms with E-state index < -0.39 is 14.6 Å². The van der Waals surface area contributed by atoms with Crippen LogP contribution in [0.25, 0.3) is 17.5 Å². The molecular weight excluding hydrogens is 417 g/mol. The van der Waals surface area contributed by atoms with Gasteiger partial charge in [-0.2, -0.15) is 0 Å². The van der Waals surface area contributed by atoms with Crippen LogP contribution in [0.4, 0.5) is 10.2 Å². The molecule has 1 aromatic heterocycles. The molecule has 2 aromatic rings. The summed E-state index contributed by atoms with van der Waals surface area (Å²) in [5, 5.41) is 0. The number of rotatable bonds is 3. The van der Waals surface area contributed by atoms with Gasteiger partial charge in [0.05, 0.1) is 30.7 Å². The lowest BCUT2D eigenvalue weighted by molar-refractivity contribution is 0.0985. The lowest BCUT2D eigenvalue weighted by Gasteiger charge is -2.35. The minimum absolute atomic E-state index is 0.0930. The second-order valence-electron chi connectivity index (χ2n) is 8.84. The first kappa shape index (κ1) is 20.6. The SMILES string of the molecule is C[C@@H]1COCCN1c1cc([C@@]2(C)CCCS2(=O)=O)nc(-c2cc(F)cc3c2C=CC3)n1. The van der Waals surface area contributed by atoms with E-state index >= 15 is 0 Å². The van der Waals surface area contributed by atoms with Crippen LogP contribution < -0.4 is 4.90 Å². The lowest BCUT2D eigenvalue weighted by atomic mass is 9.99. The van der Waals surface area contributed by atoms with Crippen molar-refractivity contribution in [1.29, 1.82) is 0 Å². The summed E-state index contributed by atoms with van der Waals surface area (Å²) in [6.07, 6.45) is 5.75. The second-order valence-corrected chi connectivity index (χ2v) is 11.4. The molecule has 0 amide bonds. The van der Waals surface area contributed by atoms with Gasteiger partial charge in [0, 0.05) is 18.2 Å². The quantitative estimate of drug-likeness (QED) is 0.723. The Labute approximate surface area is 182 Å². The highest BCUT2D eigenvalue weighted by Gasteiger charge is 2.47. The molecule has 1 aliphatic carbocycles. The number of morpholine rings is 1. The highest BCUT2D eigenvalue weighted by atomic mass is 32.2. The first-order valence-corrected chi connectivity index (χ1v) is 12.4. The van der Waals surface area contributed by atoms with Gasteiger partial charge in [-0.05, 0) is 56.4 Å². The van der Waals surface area contributed by atoms with Gasteiger partial charge in [0.2, 0.25) is 0 Å². The zero-order valence-corrected chi connectivity index (χ0v) is 18.6. The summed E-state index contributed by atoms with van der Waals surface area (Å²) in [5.41, 5.74) is 2.89. The third-order valence-corrected chi connectivity index (χ3v) is 9.38. The molecule has 3 aliphatic rings. The van der Waals surface area contributed by atoms with E-state index in [-0.39, 0.29) is 17.6 Å². The normalized spacial score (nSPS) is 26.9. The average molecular weight is 444 g/mol. The largest absolute Gasteiger partial charge is 0.377 e. The van der Waals surface area contributed by atoms with Gasteiger partial charge in [0.25, 0.3) is 0 Å². The fraction of sp³-hybridized carbons (Fsp3) is 0.478. The Hall–Kier alpha value is -2.32. The van der Waals surface area contributed by atoms with Crippen LogP contribution in [0, 0.1) is 5.82 Å². The first-order valence-electron chi connectivity index (χ1n) is 10.7. The van der Waals surface area contributed by atoms with Crippen molar-refractivity contribution in [2.75, 3.05) is 30.4 Å². The van der Waals surface area contributed by atoms with Gasteiger partial charge in [0.1, 0.15) is 16.4 Å². The molecule has 1 aromatic carbocycles. The molecule has 6 nitrogen and oxygen atoms in total. The van der Waals surface area contributed by atoms with Crippen molar-refractivity contribution in [2.24, 2.45) is 0 Å². The van der Waals surface area contributed by atoms with Crippen LogP contribution in [0.15, 0.2) is 24.3 Å². The van der Waals surface area contributed by atoms with Crippen LogP contribution >= 0.6 is 0 Å². The highest BCUT2D eigenvalue weighted by Crippen LogP contribution is 2.42. The number of allylic oxidation sites excluding steroid dienone is 1. The molecule has 164 valence electrons. The summed E-state index contributed by atoms with van der Waals surface area (Å²) in [6, 6.07) is 4.89. The molecule has 0 spiro atoms. The molecule has 31 heavy (non-hydrogen) atoms. The van der Waals surface area contributed by atoms with E-state index in [1.54, 1.807) is 6.92 Å². The molecular formula is C23H26FN3O3S. The van der Waals surface area contributed by atoms with Gasteiger partial charge in [-0.25, -0.2) is 22.8 Å². The minimum atomic E-state index is -3.34. The standard InChI is InChI=1S/C23H26FN3O3S/c1-15-14-30-9-8-27(15)21-13-20(23(2)7-4-10-31(23,28)29)25-22(26-21)19-12-17(24)11-16-5-3-6-18(16)19/h3,6,11-13,15H,4-5,7-10,14H2,1-2H3/t15-,23-/m1/s1. The predicted molar refractivity (Wildman–Crippen MR) is 118 cm³/mol. The minimum Gasteiger partial charge on any atom is -0.377 e. The number of hydrogen-bond donors (Lipinski definition) is 0. The molecule has 0 radical (unpaired) electrons. The van der Waals surface area contributed by atoms with Crippen LogP contribution in [-0.2, 0) is 25.7 Å². The molecule has 0 N–H and O–H groups in total. The smallest absolute Gasteiger partial charge is 0.162 e. The highest BCUT2D eigenvalue weighted by molar-refractivity contribution is 7.92. The topological polar surface area (TPSA) is 72.4 Å². The number of fused-ring (bicyclic) bond motifs is 1. The molecule has 2 atom stereocenters. The van der Waals surface area contributed by atoms with E-state index in [0.29, 0.717) is 61.9 Å². The number of aromatic nitrogens is 2. The Morgan fingerprint density at radius 3 is 2.84 bits per heavy atom. The number of ether oxygens (including phenoxy) is 1. The predicted octanol–water partition coefficient (Wildman–Crippen LogP) is 3.50. The monoisotopic (exact) mass is 443 g/mol. The van der Waals surface area contributed by atoms with Crippen molar-refractivity contribution in [3.8, 4) is 11.4 Å². The van der Waals surface area contributed by atoms with Crippen molar-refractivity contribution >= 4 is 21.7 Å². The third-order valence-electron chi connectivity index (χ3n) is 6.76. The summed E-state index contributed by atoms with van der Waals surface area (Å²) in [4.78, 5) is 11.7. The number of nitrogens with zero attached hydrogens (tertiary/aromatic N) is 3. The molecule has 0 saturated carbocycles. The van der Waals surface area contributed by atoms with E-state index in [2.05, 4.69) is 11.8 Å². The Balaban J connectivity index is 1.73. The summed E-state index contributed by atoms with van der Waals surface area (Å²) in [7, 11) is -3.34. The van der Waals surface area contributed by atoms with Gasteiger partial charge in [-0.3, -0.25) is 0 Å². The number of halogens is 1. The Morgan fingerprint density at radius 2 is 2.10 bits per heavy atom. The first-order chi connectivity index (χ1) is 14.8. The van der Waals surface area contributed by atoms with Crippen LogP contribution in [0.3, 0.4) is 0 Å². The Kier molecular flexibility index (Phi) is 4.90. The second kappa shape index (κ2) is 7.38. The summed E-state index contributed by atoms with van der Waals surface area (Å²) in [5.74, 6) is 0.855. The lowest BCUT2D eigenvalue weighted by Crippen LogP contribution is -2.44. The van der Waals surface area contributed by atoms with Crippen LogP contribution in [0.5, 0.6) is 0 Å². The maximum absolute atomic E-state index is 14.4. The third kappa shape index (κ3) is 3.36. The fourth-order valence-corrected chi connectivity index (χ4v) is 6.69. The van der Waals surface area contributed by atoms with Crippen LogP contribution in [-0.4, -0.2) is 49.9 Å². The molecule has 3 heterocycles. The number of sulfone groups is 1. The van der Waals surface area contributed by atoms with E-state index in [0.717, 1.165) is 11.1 Å². The zero-order chi connectivity index (χ0) is 21.8. The molecule has 2 saturated heterocycles. The van der Waals surface area contributed by atoms with Gasteiger partial charge >= 0.3 is 0 Å². The molecule has 2 fully saturated rings. The molecule has 5 rings (SSSR count). The maximum Gasteiger partial charge on any atom is 0.162 e. The van der Waals surface area contributed by atoms with Crippen molar-refractivity contribution in [3.63, 3.8) is 0 Å². The molecule has 0 unspecified atom stereocenters. The van der Waals surface area contributed by atoms with Crippen molar-refractivity contribution < 1.29 is 17.5 Å². The van der Waals surface area contributed by atoms with Gasteiger partial charge in [-0.1, -0.05) is 12.2 Å². The molecule has 8 heteroatoms. The molecule has 0 bridgehead atoms. The van der Waals surface area contributed by atoms with E-state index in [9.17, 15) is 12.8 Å². The van der Waals surface area contributed by atoms with Gasteiger partial charge < -0.3 is 9.64 Å². The maximum atomic E-state index is 14.4. The number of benzene rings is 1. The Bertz CT molecular complexity index is 1180. The van der Waals surface area contributed by atoms with Gasteiger partial charge in [0.15, 0.2) is 15.7 Å². The number of hydrogen-bond acceptors (Lipinski definition) is 6. The number of anilines is 1. The summed E-state index contributed by atoms with van der Waals surface area (Å²) >= 11 is 0. The van der Waals surface area contributed by atoms with Crippen LogP contribution in [0.2, 0.25) is 0 Å².